The molecule has 19 heavy (non-hydrogen) atoms. The number of hydrogen-bond acceptors (Lipinski definition) is 2. The zero-order valence-corrected chi connectivity index (χ0v) is 11.6. The van der Waals surface area contributed by atoms with Gasteiger partial charge in [-0.15, -0.1) is 0 Å². The molecule has 3 rings (SSSR count). The highest BCUT2D eigenvalue weighted by atomic mass is 79.9. The van der Waals surface area contributed by atoms with Gasteiger partial charge in [-0.05, 0) is 17.2 Å². The molecular formula is C16H10BrNO. The molecule has 0 saturated heterocycles. The lowest BCUT2D eigenvalue weighted by molar-refractivity contribution is 0.600. The molecule has 0 unspecified atom stereocenters. The first-order valence-corrected chi connectivity index (χ1v) is 7.02. The summed E-state index contributed by atoms with van der Waals surface area (Å²) in [4.78, 5) is 0. The van der Waals surface area contributed by atoms with Crippen molar-refractivity contribution in [1.82, 2.24) is 0 Å². The number of rotatable bonds is 2. The quantitative estimate of drug-likeness (QED) is 0.633. The molecule has 0 aliphatic carbocycles. The third-order valence-corrected chi connectivity index (χ3v) is 3.74. The number of nitrogens with zero attached hydrogens (tertiary/aromatic N) is 1. The summed E-state index contributed by atoms with van der Waals surface area (Å²) < 4.78 is 5.59. The van der Waals surface area contributed by atoms with Crippen molar-refractivity contribution < 1.29 is 4.42 Å². The van der Waals surface area contributed by atoms with Crippen LogP contribution in [0.4, 0.5) is 0 Å². The molecule has 3 heteroatoms. The maximum absolute atomic E-state index is 9.23. The average Bonchev–Trinajstić information content (AvgIpc) is 2.86. The zero-order valence-electron chi connectivity index (χ0n) is 10.1. The van der Waals surface area contributed by atoms with Gasteiger partial charge in [0.05, 0.1) is 0 Å². The van der Waals surface area contributed by atoms with Crippen molar-refractivity contribution in [3.05, 3.63) is 59.9 Å². The summed E-state index contributed by atoms with van der Waals surface area (Å²) in [5.41, 5.74) is 3.83. The van der Waals surface area contributed by atoms with Crippen molar-refractivity contribution in [3.63, 3.8) is 0 Å². The van der Waals surface area contributed by atoms with Crippen LogP contribution in [-0.2, 0) is 5.33 Å². The van der Waals surface area contributed by atoms with Gasteiger partial charge in [0.25, 0.3) is 0 Å². The number of furan rings is 1. The van der Waals surface area contributed by atoms with Crippen LogP contribution in [0.15, 0.2) is 52.9 Å². The Labute approximate surface area is 119 Å². The van der Waals surface area contributed by atoms with Crippen LogP contribution in [-0.4, -0.2) is 0 Å². The van der Waals surface area contributed by atoms with Gasteiger partial charge in [0.15, 0.2) is 0 Å². The van der Waals surface area contributed by atoms with Gasteiger partial charge in [-0.3, -0.25) is 0 Å². The van der Waals surface area contributed by atoms with Crippen molar-refractivity contribution in [1.29, 1.82) is 5.26 Å². The van der Waals surface area contributed by atoms with Crippen LogP contribution in [0.5, 0.6) is 0 Å². The molecule has 0 saturated carbocycles. The predicted octanol–water partition coefficient (Wildman–Crippen LogP) is 4.87. The monoisotopic (exact) mass is 311 g/mol. The lowest BCUT2D eigenvalue weighted by Gasteiger charge is -2.01. The Morgan fingerprint density at radius 2 is 1.79 bits per heavy atom. The largest absolute Gasteiger partial charge is 0.445 e. The van der Waals surface area contributed by atoms with E-state index in [0.717, 1.165) is 27.4 Å². The van der Waals surface area contributed by atoms with Gasteiger partial charge in [-0.25, -0.2) is 0 Å². The van der Waals surface area contributed by atoms with Crippen LogP contribution in [0, 0.1) is 11.3 Å². The Morgan fingerprint density at radius 3 is 2.47 bits per heavy atom. The standard InChI is InChI=1S/C16H10BrNO/c17-9-11-5-7-12(8-6-11)16-13-3-1-2-4-14(13)19-15(16)10-18/h1-8H,9H2. The molecule has 1 aromatic heterocycles. The van der Waals surface area contributed by atoms with E-state index in [-0.39, 0.29) is 0 Å². The minimum Gasteiger partial charge on any atom is -0.445 e. The first-order chi connectivity index (χ1) is 9.33. The highest BCUT2D eigenvalue weighted by Crippen LogP contribution is 2.34. The number of fused-ring (bicyclic) bond motifs is 1. The second-order valence-electron chi connectivity index (χ2n) is 4.24. The fourth-order valence-corrected chi connectivity index (χ4v) is 2.55. The Morgan fingerprint density at radius 1 is 1.05 bits per heavy atom. The normalized spacial score (nSPS) is 10.5. The first kappa shape index (κ1) is 12.0. The number of benzene rings is 2. The molecule has 0 atom stereocenters. The van der Waals surface area contributed by atoms with Crippen LogP contribution in [0.2, 0.25) is 0 Å². The highest BCUT2D eigenvalue weighted by molar-refractivity contribution is 9.08. The van der Waals surface area contributed by atoms with E-state index in [0.29, 0.717) is 5.76 Å². The van der Waals surface area contributed by atoms with Crippen LogP contribution in [0.25, 0.3) is 22.1 Å². The molecular weight excluding hydrogens is 302 g/mol. The van der Waals surface area contributed by atoms with E-state index in [1.807, 2.05) is 48.5 Å². The number of nitriles is 1. The van der Waals surface area contributed by atoms with Crippen LogP contribution in [0.3, 0.4) is 0 Å². The van der Waals surface area contributed by atoms with Gasteiger partial charge in [0.1, 0.15) is 11.7 Å². The van der Waals surface area contributed by atoms with Crippen molar-refractivity contribution in [2.75, 3.05) is 0 Å². The second kappa shape index (κ2) is 4.91. The topological polar surface area (TPSA) is 36.9 Å². The SMILES string of the molecule is N#Cc1oc2ccccc2c1-c1ccc(CBr)cc1. The van der Waals surface area contributed by atoms with E-state index in [9.17, 15) is 5.26 Å². The van der Waals surface area contributed by atoms with Gasteiger partial charge in [0, 0.05) is 16.3 Å². The molecule has 3 aromatic rings. The molecule has 0 fully saturated rings. The maximum Gasteiger partial charge on any atom is 0.212 e. The van der Waals surface area contributed by atoms with Crippen LogP contribution in [0.1, 0.15) is 11.3 Å². The molecule has 0 bridgehead atoms. The summed E-state index contributed by atoms with van der Waals surface area (Å²) in [5, 5.41) is 11.0. The third kappa shape index (κ3) is 2.05. The molecule has 0 N–H and O–H groups in total. The fraction of sp³-hybridized carbons (Fsp3) is 0.0625. The summed E-state index contributed by atoms with van der Waals surface area (Å²) in [5.74, 6) is 0.368. The highest BCUT2D eigenvalue weighted by Gasteiger charge is 2.15. The Bertz CT molecular complexity index is 766. The van der Waals surface area contributed by atoms with E-state index in [1.165, 1.54) is 5.56 Å². The van der Waals surface area contributed by atoms with Gasteiger partial charge in [0.2, 0.25) is 5.76 Å². The van der Waals surface area contributed by atoms with Crippen molar-refractivity contribution in [3.8, 4) is 17.2 Å². The fourth-order valence-electron chi connectivity index (χ4n) is 2.17. The van der Waals surface area contributed by atoms with Crippen LogP contribution >= 0.6 is 15.9 Å². The molecule has 0 aliphatic rings. The summed E-state index contributed by atoms with van der Waals surface area (Å²) in [6.45, 7) is 0. The molecule has 2 aromatic carbocycles. The third-order valence-electron chi connectivity index (χ3n) is 3.09. The minimum absolute atomic E-state index is 0.368. The van der Waals surface area contributed by atoms with E-state index in [2.05, 4.69) is 22.0 Å². The summed E-state index contributed by atoms with van der Waals surface area (Å²) in [6.07, 6.45) is 0. The van der Waals surface area contributed by atoms with E-state index >= 15 is 0 Å². The van der Waals surface area contributed by atoms with Crippen molar-refractivity contribution in [2.45, 2.75) is 5.33 Å². The van der Waals surface area contributed by atoms with Crippen molar-refractivity contribution in [2.24, 2.45) is 0 Å². The Kier molecular flexibility index (Phi) is 3.10. The van der Waals surface area contributed by atoms with Gasteiger partial charge >= 0.3 is 0 Å². The summed E-state index contributed by atoms with van der Waals surface area (Å²) >= 11 is 3.43. The molecule has 92 valence electrons. The molecule has 0 radical (unpaired) electrons. The molecule has 0 amide bonds. The van der Waals surface area contributed by atoms with Gasteiger partial charge in [-0.2, -0.15) is 5.26 Å². The molecule has 1 heterocycles. The lowest BCUT2D eigenvalue weighted by Crippen LogP contribution is -1.81. The minimum atomic E-state index is 0.368. The van der Waals surface area contributed by atoms with Gasteiger partial charge in [-0.1, -0.05) is 58.4 Å². The van der Waals surface area contributed by atoms with E-state index in [4.69, 9.17) is 4.42 Å². The lowest BCUT2D eigenvalue weighted by atomic mass is 10.0. The molecule has 0 aliphatic heterocycles. The number of halogens is 1. The van der Waals surface area contributed by atoms with Crippen LogP contribution < -0.4 is 0 Å². The zero-order chi connectivity index (χ0) is 13.2. The number of hydrogen-bond donors (Lipinski definition) is 0. The summed E-state index contributed by atoms with van der Waals surface area (Å²) in [7, 11) is 0. The summed E-state index contributed by atoms with van der Waals surface area (Å²) in [6, 6.07) is 18.0. The second-order valence-corrected chi connectivity index (χ2v) is 4.81. The Balaban J connectivity index is 2.25. The van der Waals surface area contributed by atoms with Gasteiger partial charge < -0.3 is 4.42 Å². The van der Waals surface area contributed by atoms with E-state index < -0.39 is 0 Å². The molecule has 2 nitrogen and oxygen atoms in total. The predicted molar refractivity (Wildman–Crippen MR) is 79.0 cm³/mol. The average molecular weight is 312 g/mol. The van der Waals surface area contributed by atoms with Crippen molar-refractivity contribution >= 4 is 26.9 Å². The smallest absolute Gasteiger partial charge is 0.212 e. The first-order valence-electron chi connectivity index (χ1n) is 5.90. The molecule has 0 spiro atoms. The van der Waals surface area contributed by atoms with E-state index in [1.54, 1.807) is 0 Å². The maximum atomic E-state index is 9.23. The number of para-hydroxylation sites is 1. The Hall–Kier alpha value is -2.05. The number of alkyl halides is 1.